The van der Waals surface area contributed by atoms with Crippen LogP contribution in [0.5, 0.6) is 0 Å². The van der Waals surface area contributed by atoms with Gasteiger partial charge in [-0.25, -0.2) is 0 Å². The standard InChI is InChI=1S/C12H25N/c1-4-6-7-8-11(13-5-2)12(3)9-10-12/h11,13H,4-10H2,1-3H3. The molecule has 0 radical (unpaired) electrons. The summed E-state index contributed by atoms with van der Waals surface area (Å²) in [6.07, 6.45) is 8.42. The highest BCUT2D eigenvalue weighted by atomic mass is 14.9. The molecule has 1 saturated carbocycles. The van der Waals surface area contributed by atoms with Crippen LogP contribution in [0.4, 0.5) is 0 Å². The van der Waals surface area contributed by atoms with E-state index in [1.54, 1.807) is 0 Å². The van der Waals surface area contributed by atoms with Gasteiger partial charge in [-0.3, -0.25) is 0 Å². The summed E-state index contributed by atoms with van der Waals surface area (Å²) in [5.41, 5.74) is 0.656. The molecule has 1 fully saturated rings. The maximum Gasteiger partial charge on any atom is 0.0121 e. The van der Waals surface area contributed by atoms with Gasteiger partial charge in [0.1, 0.15) is 0 Å². The zero-order valence-corrected chi connectivity index (χ0v) is 9.53. The van der Waals surface area contributed by atoms with Gasteiger partial charge in [0.25, 0.3) is 0 Å². The van der Waals surface area contributed by atoms with Gasteiger partial charge in [-0.2, -0.15) is 0 Å². The number of nitrogens with one attached hydrogen (secondary N) is 1. The van der Waals surface area contributed by atoms with Crippen molar-refractivity contribution in [3.63, 3.8) is 0 Å². The Labute approximate surface area is 83.3 Å². The minimum Gasteiger partial charge on any atom is -0.314 e. The van der Waals surface area contributed by atoms with E-state index in [1.807, 2.05) is 0 Å². The van der Waals surface area contributed by atoms with E-state index in [2.05, 4.69) is 26.1 Å². The molecule has 0 aromatic rings. The molecule has 13 heavy (non-hydrogen) atoms. The lowest BCUT2D eigenvalue weighted by Gasteiger charge is -2.24. The fraction of sp³-hybridized carbons (Fsp3) is 1.00. The lowest BCUT2D eigenvalue weighted by Crippen LogP contribution is -2.36. The molecule has 1 atom stereocenters. The third-order valence-corrected chi connectivity index (χ3v) is 3.43. The molecule has 1 unspecified atom stereocenters. The molecule has 0 aliphatic heterocycles. The lowest BCUT2D eigenvalue weighted by atomic mass is 9.93. The van der Waals surface area contributed by atoms with Gasteiger partial charge in [0.15, 0.2) is 0 Å². The number of hydrogen-bond donors (Lipinski definition) is 1. The summed E-state index contributed by atoms with van der Waals surface area (Å²) in [6.45, 7) is 8.07. The van der Waals surface area contributed by atoms with Crippen LogP contribution in [0, 0.1) is 5.41 Å². The summed E-state index contributed by atoms with van der Waals surface area (Å²) in [4.78, 5) is 0. The number of unbranched alkanes of at least 4 members (excludes halogenated alkanes) is 2. The second-order valence-electron chi connectivity index (χ2n) is 4.76. The Kier molecular flexibility index (Phi) is 4.24. The normalized spacial score (nSPS) is 21.5. The molecule has 1 aliphatic rings. The average Bonchev–Trinajstić information content (AvgIpc) is 2.84. The van der Waals surface area contributed by atoms with Crippen LogP contribution in [0.15, 0.2) is 0 Å². The van der Waals surface area contributed by atoms with Crippen molar-refractivity contribution >= 4 is 0 Å². The minimum atomic E-state index is 0.656. The average molecular weight is 183 g/mol. The molecule has 1 heteroatoms. The Hall–Kier alpha value is -0.0400. The first-order valence-corrected chi connectivity index (χ1v) is 5.96. The van der Waals surface area contributed by atoms with Crippen molar-refractivity contribution in [2.45, 2.75) is 65.3 Å². The molecule has 0 heterocycles. The van der Waals surface area contributed by atoms with Crippen LogP contribution in [-0.4, -0.2) is 12.6 Å². The predicted molar refractivity (Wildman–Crippen MR) is 58.9 cm³/mol. The third-order valence-electron chi connectivity index (χ3n) is 3.43. The van der Waals surface area contributed by atoms with Crippen LogP contribution >= 0.6 is 0 Å². The van der Waals surface area contributed by atoms with Crippen LogP contribution in [0.1, 0.15) is 59.3 Å². The first kappa shape index (κ1) is 11.0. The largest absolute Gasteiger partial charge is 0.314 e. The van der Waals surface area contributed by atoms with E-state index < -0.39 is 0 Å². The Morgan fingerprint density at radius 1 is 1.23 bits per heavy atom. The predicted octanol–water partition coefficient (Wildman–Crippen LogP) is 3.34. The zero-order chi connectivity index (χ0) is 9.73. The summed E-state index contributed by atoms with van der Waals surface area (Å²) in [5, 5.41) is 3.64. The van der Waals surface area contributed by atoms with E-state index in [1.165, 1.54) is 38.5 Å². The topological polar surface area (TPSA) is 12.0 Å². The van der Waals surface area contributed by atoms with Crippen molar-refractivity contribution in [2.24, 2.45) is 5.41 Å². The highest BCUT2D eigenvalue weighted by molar-refractivity contribution is 4.98. The van der Waals surface area contributed by atoms with Gasteiger partial charge in [-0.05, 0) is 31.2 Å². The highest BCUT2D eigenvalue weighted by Gasteiger charge is 2.43. The molecule has 1 nitrogen and oxygen atoms in total. The van der Waals surface area contributed by atoms with Crippen molar-refractivity contribution < 1.29 is 0 Å². The minimum absolute atomic E-state index is 0.656. The summed E-state index contributed by atoms with van der Waals surface area (Å²) in [7, 11) is 0. The van der Waals surface area contributed by atoms with Crippen molar-refractivity contribution in [3.8, 4) is 0 Å². The van der Waals surface area contributed by atoms with E-state index in [-0.39, 0.29) is 0 Å². The Balaban J connectivity index is 2.22. The van der Waals surface area contributed by atoms with Gasteiger partial charge in [-0.15, -0.1) is 0 Å². The van der Waals surface area contributed by atoms with Gasteiger partial charge in [0.2, 0.25) is 0 Å². The molecule has 78 valence electrons. The van der Waals surface area contributed by atoms with Crippen LogP contribution in [-0.2, 0) is 0 Å². The second kappa shape index (κ2) is 4.99. The van der Waals surface area contributed by atoms with Crippen LogP contribution in [0.3, 0.4) is 0 Å². The monoisotopic (exact) mass is 183 g/mol. The quantitative estimate of drug-likeness (QED) is 0.597. The first-order valence-electron chi connectivity index (χ1n) is 5.96. The second-order valence-corrected chi connectivity index (χ2v) is 4.76. The van der Waals surface area contributed by atoms with Gasteiger partial charge >= 0.3 is 0 Å². The van der Waals surface area contributed by atoms with Gasteiger partial charge in [0, 0.05) is 6.04 Å². The van der Waals surface area contributed by atoms with Crippen LogP contribution < -0.4 is 5.32 Å². The van der Waals surface area contributed by atoms with Crippen LogP contribution in [0.2, 0.25) is 0 Å². The summed E-state index contributed by atoms with van der Waals surface area (Å²) < 4.78 is 0. The van der Waals surface area contributed by atoms with E-state index in [0.717, 1.165) is 12.6 Å². The van der Waals surface area contributed by atoms with E-state index >= 15 is 0 Å². The maximum absolute atomic E-state index is 3.64. The summed E-state index contributed by atoms with van der Waals surface area (Å²) in [6, 6.07) is 0.795. The van der Waals surface area contributed by atoms with E-state index in [0.29, 0.717) is 5.41 Å². The Bertz CT molecular complexity index is 138. The van der Waals surface area contributed by atoms with Gasteiger partial charge < -0.3 is 5.32 Å². The maximum atomic E-state index is 3.64. The number of hydrogen-bond acceptors (Lipinski definition) is 1. The van der Waals surface area contributed by atoms with Crippen molar-refractivity contribution in [1.82, 2.24) is 5.32 Å². The molecule has 0 amide bonds. The Morgan fingerprint density at radius 3 is 2.38 bits per heavy atom. The molecular weight excluding hydrogens is 158 g/mol. The SMILES string of the molecule is CCCCCC(NCC)C1(C)CC1. The smallest absolute Gasteiger partial charge is 0.0121 e. The molecule has 1 N–H and O–H groups in total. The molecule has 1 rings (SSSR count). The van der Waals surface area contributed by atoms with Crippen molar-refractivity contribution in [2.75, 3.05) is 6.54 Å². The highest BCUT2D eigenvalue weighted by Crippen LogP contribution is 2.49. The molecular formula is C12H25N. The zero-order valence-electron chi connectivity index (χ0n) is 9.53. The fourth-order valence-electron chi connectivity index (χ4n) is 2.09. The first-order chi connectivity index (χ1) is 6.23. The molecule has 1 aliphatic carbocycles. The Morgan fingerprint density at radius 2 is 1.92 bits per heavy atom. The van der Waals surface area contributed by atoms with Crippen LogP contribution in [0.25, 0.3) is 0 Å². The third kappa shape index (κ3) is 3.30. The molecule has 0 aromatic heterocycles. The van der Waals surface area contributed by atoms with E-state index in [9.17, 15) is 0 Å². The van der Waals surface area contributed by atoms with Crippen molar-refractivity contribution in [1.29, 1.82) is 0 Å². The fourth-order valence-corrected chi connectivity index (χ4v) is 2.09. The molecule has 0 spiro atoms. The van der Waals surface area contributed by atoms with Gasteiger partial charge in [-0.1, -0.05) is 40.0 Å². The van der Waals surface area contributed by atoms with E-state index in [4.69, 9.17) is 0 Å². The summed E-state index contributed by atoms with van der Waals surface area (Å²) >= 11 is 0. The molecule has 0 aromatic carbocycles. The molecule has 0 saturated heterocycles. The lowest BCUT2D eigenvalue weighted by molar-refractivity contribution is 0.333. The van der Waals surface area contributed by atoms with Crippen molar-refractivity contribution in [3.05, 3.63) is 0 Å². The van der Waals surface area contributed by atoms with Gasteiger partial charge in [0.05, 0.1) is 0 Å². The summed E-state index contributed by atoms with van der Waals surface area (Å²) in [5.74, 6) is 0. The number of rotatable bonds is 7. The molecule has 0 bridgehead atoms.